The topological polar surface area (TPSA) is 56.6 Å². The summed E-state index contributed by atoms with van der Waals surface area (Å²) in [7, 11) is 3.59. The lowest BCUT2D eigenvalue weighted by atomic mass is 10.1. The zero-order chi connectivity index (χ0) is 16.4. The molecule has 0 spiro atoms. The van der Waals surface area contributed by atoms with E-state index >= 15 is 0 Å². The van der Waals surface area contributed by atoms with Gasteiger partial charge in [-0.15, -0.1) is 5.10 Å². The van der Waals surface area contributed by atoms with E-state index in [4.69, 9.17) is 22.1 Å². The largest absolute Gasteiger partial charge is 0.496 e. The lowest BCUT2D eigenvalue weighted by molar-refractivity contribution is -0.929. The number of hydrogen-bond donors (Lipinski definition) is 2. The number of benzene rings is 1. The van der Waals surface area contributed by atoms with E-state index in [1.165, 1.54) is 4.90 Å². The Bertz CT molecular complexity index is 732. The van der Waals surface area contributed by atoms with E-state index in [2.05, 4.69) is 0 Å². The highest BCUT2D eigenvalue weighted by Crippen LogP contribution is 2.27. The number of quaternary nitrogens is 1. The number of aliphatic hydroxyl groups excluding tert-OH is 1. The van der Waals surface area contributed by atoms with Crippen molar-refractivity contribution in [2.45, 2.75) is 25.6 Å². The van der Waals surface area contributed by atoms with Crippen LogP contribution in [0.3, 0.4) is 0 Å². The predicted octanol–water partition coefficient (Wildman–Crippen LogP) is 0.624. The third kappa shape index (κ3) is 3.31. The molecule has 7 heteroatoms. The second-order valence-corrected chi connectivity index (χ2v) is 6.37. The van der Waals surface area contributed by atoms with Crippen LogP contribution in [0.1, 0.15) is 12.8 Å². The van der Waals surface area contributed by atoms with Crippen molar-refractivity contribution >= 4 is 12.2 Å². The van der Waals surface area contributed by atoms with Gasteiger partial charge in [-0.25, -0.2) is 0 Å². The number of hydrogen-bond acceptors (Lipinski definition) is 4. The van der Waals surface area contributed by atoms with Crippen LogP contribution in [-0.2, 0) is 13.7 Å². The summed E-state index contributed by atoms with van der Waals surface area (Å²) in [6.45, 7) is 2.63. The number of rotatable bonds is 4. The number of aromatic nitrogens is 3. The maximum absolute atomic E-state index is 9.63. The molecule has 0 atom stereocenters. The first kappa shape index (κ1) is 16.2. The van der Waals surface area contributed by atoms with Crippen molar-refractivity contribution in [3.8, 4) is 17.1 Å². The summed E-state index contributed by atoms with van der Waals surface area (Å²) in [4.78, 5) is 1.40. The summed E-state index contributed by atoms with van der Waals surface area (Å²) in [5, 5.41) is 14.3. The van der Waals surface area contributed by atoms with Gasteiger partial charge in [0.15, 0.2) is 12.5 Å². The third-order valence-electron chi connectivity index (χ3n) is 4.42. The average molecular weight is 335 g/mol. The fourth-order valence-corrected chi connectivity index (χ4v) is 3.23. The van der Waals surface area contributed by atoms with Crippen LogP contribution in [0, 0.1) is 4.77 Å². The maximum atomic E-state index is 9.63. The van der Waals surface area contributed by atoms with Crippen LogP contribution in [0.4, 0.5) is 0 Å². The van der Waals surface area contributed by atoms with E-state index in [-0.39, 0.29) is 6.10 Å². The minimum Gasteiger partial charge on any atom is -0.496 e. The lowest BCUT2D eigenvalue weighted by Gasteiger charge is -2.26. The molecule has 1 fully saturated rings. The molecule has 124 valence electrons. The van der Waals surface area contributed by atoms with E-state index in [0.29, 0.717) is 4.77 Å². The second kappa shape index (κ2) is 6.82. The smallest absolute Gasteiger partial charge is 0.202 e. The summed E-state index contributed by atoms with van der Waals surface area (Å²) in [5.74, 6) is 1.60. The first-order chi connectivity index (χ1) is 11.1. The zero-order valence-corrected chi connectivity index (χ0v) is 14.3. The van der Waals surface area contributed by atoms with Gasteiger partial charge in [0.25, 0.3) is 0 Å². The Morgan fingerprint density at radius 1 is 1.35 bits per heavy atom. The van der Waals surface area contributed by atoms with Crippen molar-refractivity contribution in [3.05, 3.63) is 29.0 Å². The molecule has 0 unspecified atom stereocenters. The summed E-state index contributed by atoms with van der Waals surface area (Å²) in [5.41, 5.74) is 0.936. The summed E-state index contributed by atoms with van der Waals surface area (Å²) in [6.07, 6.45) is 1.53. The first-order valence-corrected chi connectivity index (χ1v) is 8.30. The molecule has 1 aliphatic rings. The fourth-order valence-electron chi connectivity index (χ4n) is 3.04. The molecule has 6 nitrogen and oxygen atoms in total. The quantitative estimate of drug-likeness (QED) is 0.805. The molecule has 3 rings (SSSR count). The maximum Gasteiger partial charge on any atom is 0.202 e. The summed E-state index contributed by atoms with van der Waals surface area (Å²) in [6, 6.07) is 7.83. The Balaban J connectivity index is 1.88. The van der Waals surface area contributed by atoms with Crippen molar-refractivity contribution in [1.29, 1.82) is 0 Å². The SMILES string of the molecule is COc1ccccc1-c1nn(C[NH+]2CCC(O)CC2)c(=S)n1C. The molecule has 2 N–H and O–H groups in total. The molecule has 0 amide bonds. The molecule has 1 aliphatic heterocycles. The number of para-hydroxylation sites is 1. The normalized spacial score (nSPS) is 21.3. The van der Waals surface area contributed by atoms with E-state index in [9.17, 15) is 5.11 Å². The minimum absolute atomic E-state index is 0.153. The van der Waals surface area contributed by atoms with Crippen molar-refractivity contribution in [2.24, 2.45) is 7.05 Å². The Hall–Kier alpha value is -1.70. The molecule has 1 aromatic carbocycles. The van der Waals surface area contributed by atoms with E-state index in [0.717, 1.165) is 49.7 Å². The van der Waals surface area contributed by atoms with Gasteiger partial charge in [-0.3, -0.25) is 0 Å². The number of methoxy groups -OCH3 is 1. The number of nitrogens with zero attached hydrogens (tertiary/aromatic N) is 3. The molecule has 2 heterocycles. The van der Waals surface area contributed by atoms with Crippen LogP contribution in [0.25, 0.3) is 11.4 Å². The molecule has 0 radical (unpaired) electrons. The number of nitrogens with one attached hydrogen (secondary N) is 1. The predicted molar refractivity (Wildman–Crippen MR) is 90.0 cm³/mol. The minimum atomic E-state index is -0.153. The molecule has 0 aliphatic carbocycles. The van der Waals surface area contributed by atoms with Gasteiger partial charge >= 0.3 is 0 Å². The monoisotopic (exact) mass is 335 g/mol. The van der Waals surface area contributed by atoms with Crippen molar-refractivity contribution < 1.29 is 14.7 Å². The van der Waals surface area contributed by atoms with Gasteiger partial charge < -0.3 is 19.3 Å². The van der Waals surface area contributed by atoms with Crippen LogP contribution >= 0.6 is 12.2 Å². The lowest BCUT2D eigenvalue weighted by Crippen LogP contribution is -3.12. The van der Waals surface area contributed by atoms with Gasteiger partial charge in [0.2, 0.25) is 4.77 Å². The van der Waals surface area contributed by atoms with Gasteiger partial charge in [0.1, 0.15) is 5.75 Å². The van der Waals surface area contributed by atoms with Crippen LogP contribution in [-0.4, -0.2) is 45.8 Å². The first-order valence-electron chi connectivity index (χ1n) is 7.89. The van der Waals surface area contributed by atoms with Crippen molar-refractivity contribution in [1.82, 2.24) is 14.3 Å². The fraction of sp³-hybridized carbons (Fsp3) is 0.500. The van der Waals surface area contributed by atoms with Crippen LogP contribution < -0.4 is 9.64 Å². The molecule has 1 saturated heterocycles. The van der Waals surface area contributed by atoms with E-state index in [1.807, 2.05) is 40.6 Å². The highest BCUT2D eigenvalue weighted by Gasteiger charge is 2.22. The Kier molecular flexibility index (Phi) is 4.79. The zero-order valence-electron chi connectivity index (χ0n) is 13.5. The third-order valence-corrected chi connectivity index (χ3v) is 4.91. The molecule has 1 aromatic heterocycles. The van der Waals surface area contributed by atoms with Gasteiger partial charge in [0.05, 0.1) is 31.9 Å². The van der Waals surface area contributed by atoms with Gasteiger partial charge in [-0.05, 0) is 24.4 Å². The molecule has 0 bridgehead atoms. The number of ether oxygens (including phenoxy) is 1. The molecule has 23 heavy (non-hydrogen) atoms. The number of aliphatic hydroxyl groups is 1. The van der Waals surface area contributed by atoms with Crippen LogP contribution in [0.2, 0.25) is 0 Å². The van der Waals surface area contributed by atoms with Gasteiger partial charge in [-0.1, -0.05) is 12.1 Å². The Morgan fingerprint density at radius 2 is 2.04 bits per heavy atom. The second-order valence-electron chi connectivity index (χ2n) is 6.00. The molecule has 0 saturated carbocycles. The molecular formula is C16H23N4O2S+. The standard InChI is InChI=1S/C16H22N4O2S/c1-18-15(13-5-3-4-6-14(13)22-2)17-20(16(18)23)11-19-9-7-12(21)8-10-19/h3-6,12,21H,7-11H2,1-2H3/p+1. The van der Waals surface area contributed by atoms with Crippen molar-refractivity contribution in [2.75, 3.05) is 20.2 Å². The Morgan fingerprint density at radius 3 is 2.74 bits per heavy atom. The van der Waals surface area contributed by atoms with E-state index < -0.39 is 0 Å². The highest BCUT2D eigenvalue weighted by molar-refractivity contribution is 7.71. The molecular weight excluding hydrogens is 312 g/mol. The van der Waals surface area contributed by atoms with Gasteiger partial charge in [-0.2, -0.15) is 4.68 Å². The van der Waals surface area contributed by atoms with Crippen LogP contribution in [0.15, 0.2) is 24.3 Å². The number of likely N-dealkylation sites (tertiary alicyclic amines) is 1. The van der Waals surface area contributed by atoms with E-state index in [1.54, 1.807) is 7.11 Å². The number of piperidine rings is 1. The highest BCUT2D eigenvalue weighted by atomic mass is 32.1. The Labute approximate surface area is 140 Å². The van der Waals surface area contributed by atoms with Gasteiger partial charge in [0, 0.05) is 19.9 Å². The molecule has 2 aromatic rings. The summed E-state index contributed by atoms with van der Waals surface area (Å²) < 4.78 is 9.94. The van der Waals surface area contributed by atoms with Crippen LogP contribution in [0.5, 0.6) is 5.75 Å². The van der Waals surface area contributed by atoms with Crippen molar-refractivity contribution in [3.63, 3.8) is 0 Å². The average Bonchev–Trinajstić information content (AvgIpc) is 2.85. The summed E-state index contributed by atoms with van der Waals surface area (Å²) >= 11 is 5.55.